The summed E-state index contributed by atoms with van der Waals surface area (Å²) in [5.41, 5.74) is 1.99. The van der Waals surface area contributed by atoms with Crippen molar-refractivity contribution in [2.24, 2.45) is 0 Å². The van der Waals surface area contributed by atoms with Gasteiger partial charge in [0.25, 0.3) is 0 Å². The minimum absolute atomic E-state index is 0.205. The molecule has 104 valence electrons. The summed E-state index contributed by atoms with van der Waals surface area (Å²) in [6, 6.07) is 5.23. The van der Waals surface area contributed by atoms with Gasteiger partial charge in [-0.1, -0.05) is 6.07 Å². The van der Waals surface area contributed by atoms with Crippen molar-refractivity contribution in [3.05, 3.63) is 35.1 Å². The van der Waals surface area contributed by atoms with E-state index in [2.05, 4.69) is 4.90 Å². The molecule has 0 radical (unpaired) electrons. The second-order valence-electron chi connectivity index (χ2n) is 5.01. The summed E-state index contributed by atoms with van der Waals surface area (Å²) in [5, 5.41) is 0. The van der Waals surface area contributed by atoms with E-state index in [0.717, 1.165) is 24.0 Å². The third-order valence-electron chi connectivity index (χ3n) is 3.39. The van der Waals surface area contributed by atoms with E-state index >= 15 is 0 Å². The van der Waals surface area contributed by atoms with Gasteiger partial charge in [-0.15, -0.1) is 0 Å². The van der Waals surface area contributed by atoms with Crippen molar-refractivity contribution < 1.29 is 13.9 Å². The van der Waals surface area contributed by atoms with Crippen LogP contribution in [-0.4, -0.2) is 30.1 Å². The van der Waals surface area contributed by atoms with E-state index in [1.54, 1.807) is 19.1 Å². The standard InChI is InChI=1S/C15H20FNO2/c1-3-19-15(18)10-17(14-6-7-14)9-12-8-13(16)5-4-11(12)2/h4-5,8,14H,3,6-7,9-10H2,1-2H3. The zero-order chi connectivity index (χ0) is 13.8. The number of halogens is 1. The molecule has 0 spiro atoms. The first kappa shape index (κ1) is 14.0. The van der Waals surface area contributed by atoms with Crippen LogP contribution in [0, 0.1) is 12.7 Å². The van der Waals surface area contributed by atoms with Crippen molar-refractivity contribution in [2.75, 3.05) is 13.2 Å². The average molecular weight is 265 g/mol. The van der Waals surface area contributed by atoms with Crippen molar-refractivity contribution in [1.82, 2.24) is 4.90 Å². The molecule has 0 bridgehead atoms. The fourth-order valence-electron chi connectivity index (χ4n) is 2.16. The molecule has 1 fully saturated rings. The number of benzene rings is 1. The number of rotatable bonds is 6. The highest BCUT2D eigenvalue weighted by Gasteiger charge is 2.30. The summed E-state index contributed by atoms with van der Waals surface area (Å²) in [4.78, 5) is 13.7. The van der Waals surface area contributed by atoms with Gasteiger partial charge >= 0.3 is 5.97 Å². The number of ether oxygens (including phenoxy) is 1. The number of aryl methyl sites for hydroxylation is 1. The zero-order valence-electron chi connectivity index (χ0n) is 11.5. The molecule has 0 aromatic heterocycles. The zero-order valence-corrected chi connectivity index (χ0v) is 11.5. The quantitative estimate of drug-likeness (QED) is 0.741. The van der Waals surface area contributed by atoms with Gasteiger partial charge in [0.05, 0.1) is 13.2 Å². The van der Waals surface area contributed by atoms with Crippen LogP contribution in [0.25, 0.3) is 0 Å². The van der Waals surface area contributed by atoms with Crippen molar-refractivity contribution in [2.45, 2.75) is 39.3 Å². The summed E-state index contributed by atoms with van der Waals surface area (Å²) in [6.07, 6.45) is 2.21. The van der Waals surface area contributed by atoms with E-state index in [0.29, 0.717) is 19.2 Å². The molecular formula is C15H20FNO2. The van der Waals surface area contributed by atoms with Crippen molar-refractivity contribution in [1.29, 1.82) is 0 Å². The Morgan fingerprint density at radius 2 is 2.21 bits per heavy atom. The number of esters is 1. The van der Waals surface area contributed by atoms with Crippen molar-refractivity contribution in [3.63, 3.8) is 0 Å². The normalized spacial score (nSPS) is 14.7. The topological polar surface area (TPSA) is 29.5 Å². The lowest BCUT2D eigenvalue weighted by molar-refractivity contribution is -0.144. The summed E-state index contributed by atoms with van der Waals surface area (Å²) < 4.78 is 18.3. The van der Waals surface area contributed by atoms with Crippen molar-refractivity contribution >= 4 is 5.97 Å². The molecule has 1 aliphatic carbocycles. The first-order valence-corrected chi connectivity index (χ1v) is 6.75. The molecule has 0 heterocycles. The van der Waals surface area contributed by atoms with Crippen LogP contribution < -0.4 is 0 Å². The van der Waals surface area contributed by atoms with Gasteiger partial charge in [0.15, 0.2) is 0 Å². The fraction of sp³-hybridized carbons (Fsp3) is 0.533. The second kappa shape index (κ2) is 6.15. The minimum Gasteiger partial charge on any atom is -0.465 e. The Labute approximate surface area is 113 Å². The molecule has 0 unspecified atom stereocenters. The monoisotopic (exact) mass is 265 g/mol. The predicted molar refractivity (Wildman–Crippen MR) is 71.2 cm³/mol. The Kier molecular flexibility index (Phi) is 4.53. The van der Waals surface area contributed by atoms with Crippen LogP contribution in [0.5, 0.6) is 0 Å². The summed E-state index contributed by atoms with van der Waals surface area (Å²) in [6.45, 7) is 5.05. The predicted octanol–water partition coefficient (Wildman–Crippen LogP) is 2.66. The molecule has 0 saturated heterocycles. The van der Waals surface area contributed by atoms with Gasteiger partial charge in [0.1, 0.15) is 5.82 Å². The minimum atomic E-state index is -0.229. The second-order valence-corrected chi connectivity index (χ2v) is 5.01. The van der Waals surface area contributed by atoms with Crippen molar-refractivity contribution in [3.8, 4) is 0 Å². The van der Waals surface area contributed by atoms with Gasteiger partial charge in [-0.25, -0.2) is 4.39 Å². The van der Waals surface area contributed by atoms with Gasteiger partial charge < -0.3 is 4.74 Å². The van der Waals surface area contributed by atoms with Crippen LogP contribution in [0.2, 0.25) is 0 Å². The number of carbonyl (C=O) groups excluding carboxylic acids is 1. The summed E-state index contributed by atoms with van der Waals surface area (Å²) >= 11 is 0. The van der Waals surface area contributed by atoms with Crippen LogP contribution >= 0.6 is 0 Å². The molecule has 0 atom stereocenters. The number of hydrogen-bond donors (Lipinski definition) is 0. The lowest BCUT2D eigenvalue weighted by atomic mass is 10.1. The molecule has 0 N–H and O–H groups in total. The van der Waals surface area contributed by atoms with E-state index in [9.17, 15) is 9.18 Å². The highest BCUT2D eigenvalue weighted by molar-refractivity contribution is 5.71. The first-order chi connectivity index (χ1) is 9.10. The van der Waals surface area contributed by atoms with E-state index in [4.69, 9.17) is 4.74 Å². The van der Waals surface area contributed by atoms with E-state index in [-0.39, 0.29) is 18.3 Å². The molecule has 1 aromatic rings. The highest BCUT2D eigenvalue weighted by atomic mass is 19.1. The lowest BCUT2D eigenvalue weighted by Gasteiger charge is -2.21. The number of carbonyl (C=O) groups is 1. The maximum absolute atomic E-state index is 13.3. The Hall–Kier alpha value is -1.42. The van der Waals surface area contributed by atoms with Crippen LogP contribution in [-0.2, 0) is 16.1 Å². The molecule has 3 nitrogen and oxygen atoms in total. The van der Waals surface area contributed by atoms with E-state index in [1.807, 2.05) is 6.92 Å². The van der Waals surface area contributed by atoms with Crippen LogP contribution in [0.1, 0.15) is 30.9 Å². The molecule has 0 aliphatic heterocycles. The molecule has 2 rings (SSSR count). The highest BCUT2D eigenvalue weighted by Crippen LogP contribution is 2.28. The first-order valence-electron chi connectivity index (χ1n) is 6.75. The summed E-state index contributed by atoms with van der Waals surface area (Å²) in [5.74, 6) is -0.434. The third-order valence-corrected chi connectivity index (χ3v) is 3.39. The van der Waals surface area contributed by atoms with Gasteiger partial charge in [0, 0.05) is 12.6 Å². The Balaban J connectivity index is 2.04. The van der Waals surface area contributed by atoms with Crippen LogP contribution in [0.15, 0.2) is 18.2 Å². The van der Waals surface area contributed by atoms with Crippen LogP contribution in [0.4, 0.5) is 4.39 Å². The Bertz CT molecular complexity index is 457. The summed E-state index contributed by atoms with van der Waals surface area (Å²) in [7, 11) is 0. The van der Waals surface area contributed by atoms with Gasteiger partial charge in [-0.3, -0.25) is 9.69 Å². The van der Waals surface area contributed by atoms with Gasteiger partial charge in [-0.05, 0) is 49.9 Å². The smallest absolute Gasteiger partial charge is 0.320 e. The number of hydrogen-bond acceptors (Lipinski definition) is 3. The average Bonchev–Trinajstić information content (AvgIpc) is 3.17. The molecule has 1 saturated carbocycles. The molecule has 0 amide bonds. The lowest BCUT2D eigenvalue weighted by Crippen LogP contribution is -2.32. The fourth-order valence-corrected chi connectivity index (χ4v) is 2.16. The number of nitrogens with zero attached hydrogens (tertiary/aromatic N) is 1. The van der Waals surface area contributed by atoms with Gasteiger partial charge in [-0.2, -0.15) is 0 Å². The molecular weight excluding hydrogens is 245 g/mol. The maximum atomic E-state index is 13.3. The van der Waals surface area contributed by atoms with Gasteiger partial charge in [0.2, 0.25) is 0 Å². The Morgan fingerprint density at radius 3 is 2.84 bits per heavy atom. The third kappa shape index (κ3) is 4.03. The molecule has 19 heavy (non-hydrogen) atoms. The van der Waals surface area contributed by atoms with E-state index in [1.165, 1.54) is 6.07 Å². The largest absolute Gasteiger partial charge is 0.465 e. The Morgan fingerprint density at radius 1 is 1.47 bits per heavy atom. The molecule has 4 heteroatoms. The van der Waals surface area contributed by atoms with Crippen LogP contribution in [0.3, 0.4) is 0 Å². The molecule has 1 aliphatic rings. The molecule has 1 aromatic carbocycles. The SMILES string of the molecule is CCOC(=O)CN(Cc1cc(F)ccc1C)C1CC1. The maximum Gasteiger partial charge on any atom is 0.320 e. The van der Waals surface area contributed by atoms with E-state index < -0.39 is 0 Å².